The van der Waals surface area contributed by atoms with Gasteiger partial charge in [0.15, 0.2) is 0 Å². The molecule has 1 atom stereocenters. The van der Waals surface area contributed by atoms with E-state index in [0.717, 1.165) is 47.6 Å². The smallest absolute Gasteiger partial charge is 0.259 e. The van der Waals surface area contributed by atoms with E-state index in [4.69, 9.17) is 28.5 Å². The molecule has 3 aromatic rings. The Balaban J connectivity index is 1.31. The maximum atomic E-state index is 8.90. The van der Waals surface area contributed by atoms with Crippen LogP contribution in [0.1, 0.15) is 141 Å². The molecule has 7 nitrogen and oxygen atoms in total. The highest BCUT2D eigenvalue weighted by Gasteiger charge is 2.37. The topological polar surface area (TPSA) is 73.2 Å². The van der Waals surface area contributed by atoms with E-state index in [9.17, 15) is 0 Å². The van der Waals surface area contributed by atoms with Crippen LogP contribution in [0.25, 0.3) is 0 Å². The summed E-state index contributed by atoms with van der Waals surface area (Å²) in [5.41, 5.74) is 2.52. The molecule has 0 aliphatic heterocycles. The SMILES string of the molecule is COc1ccc(C(OCCCCCCCCCCCCCCCCO[P@](OCCC#N)N(C(C)C)C(C)C)(c2ccccc2)c2ccc(OC)cc2)cc1. The first-order chi connectivity index (χ1) is 26.4. The number of hydrogen-bond acceptors (Lipinski definition) is 7. The van der Waals surface area contributed by atoms with Gasteiger partial charge in [0.1, 0.15) is 17.1 Å². The fraction of sp³-hybridized carbons (Fsp3) is 0.587. The largest absolute Gasteiger partial charge is 0.497 e. The van der Waals surface area contributed by atoms with Crippen molar-refractivity contribution in [1.29, 1.82) is 5.26 Å². The first-order valence-corrected chi connectivity index (χ1v) is 21.7. The molecule has 0 aliphatic rings. The molecule has 0 fully saturated rings. The Morgan fingerprint density at radius 1 is 0.537 bits per heavy atom. The average Bonchev–Trinajstić information content (AvgIpc) is 3.19. The van der Waals surface area contributed by atoms with Gasteiger partial charge in [0.2, 0.25) is 0 Å². The second-order valence-electron chi connectivity index (χ2n) is 14.7. The molecule has 0 aromatic heterocycles. The van der Waals surface area contributed by atoms with Gasteiger partial charge in [-0.05, 0) is 81.5 Å². The van der Waals surface area contributed by atoms with Gasteiger partial charge in [-0.3, -0.25) is 0 Å². The average molecular weight is 761 g/mol. The van der Waals surface area contributed by atoms with Gasteiger partial charge in [0, 0.05) is 18.7 Å². The number of methoxy groups -OCH3 is 2. The fourth-order valence-electron chi connectivity index (χ4n) is 7.08. The van der Waals surface area contributed by atoms with Crippen LogP contribution >= 0.6 is 8.53 Å². The maximum Gasteiger partial charge on any atom is 0.259 e. The van der Waals surface area contributed by atoms with Crippen molar-refractivity contribution in [2.75, 3.05) is 34.0 Å². The van der Waals surface area contributed by atoms with Crippen molar-refractivity contribution in [2.24, 2.45) is 0 Å². The normalized spacial score (nSPS) is 12.4. The predicted molar refractivity (Wildman–Crippen MR) is 224 cm³/mol. The zero-order chi connectivity index (χ0) is 38.9. The lowest BCUT2D eigenvalue weighted by atomic mass is 9.80. The lowest BCUT2D eigenvalue weighted by Gasteiger charge is -2.36. The fourth-order valence-corrected chi connectivity index (χ4v) is 8.71. The predicted octanol–water partition coefficient (Wildman–Crippen LogP) is 12.8. The van der Waals surface area contributed by atoms with Crippen molar-refractivity contribution >= 4 is 8.53 Å². The first kappa shape index (κ1) is 45.4. The number of unbranched alkanes of at least 4 members (excludes halogenated alkanes) is 13. The number of nitriles is 1. The van der Waals surface area contributed by atoms with Crippen molar-refractivity contribution in [1.82, 2.24) is 4.67 Å². The van der Waals surface area contributed by atoms with Crippen molar-refractivity contribution in [2.45, 2.75) is 142 Å². The van der Waals surface area contributed by atoms with Gasteiger partial charge in [-0.2, -0.15) is 5.26 Å². The van der Waals surface area contributed by atoms with Crippen molar-refractivity contribution in [3.63, 3.8) is 0 Å². The van der Waals surface area contributed by atoms with Crippen LogP contribution in [-0.2, 0) is 19.4 Å². The summed E-state index contributed by atoms with van der Waals surface area (Å²) in [5.74, 6) is 1.66. The molecule has 0 spiro atoms. The lowest BCUT2D eigenvalue weighted by molar-refractivity contribution is 0.0106. The Labute approximate surface area is 329 Å². The Hall–Kier alpha value is -2.98. The standard InChI is InChI=1S/C46H69N2O5P/c1-39(2)48(40(3)4)54(53-38-24-35-47)52-37-23-18-16-14-12-10-8-7-9-11-13-15-17-22-36-51-46(41-25-20-19-21-26-41,42-27-31-44(49-5)32-28-42)43-29-33-45(50-6)34-30-43/h19-21,25-34,39-40H,7-18,22-24,36-38H2,1-6H3/t54-/m1/s1. The zero-order valence-electron chi connectivity index (χ0n) is 34.3. The molecule has 0 unspecified atom stereocenters. The van der Waals surface area contributed by atoms with Crippen LogP contribution < -0.4 is 9.47 Å². The summed E-state index contributed by atoms with van der Waals surface area (Å²) in [6.45, 7) is 10.5. The van der Waals surface area contributed by atoms with Gasteiger partial charge in [-0.15, -0.1) is 0 Å². The summed E-state index contributed by atoms with van der Waals surface area (Å²) >= 11 is 0. The number of rotatable bonds is 30. The minimum atomic E-state index is -1.12. The molecule has 3 aromatic carbocycles. The summed E-state index contributed by atoms with van der Waals surface area (Å²) in [7, 11) is 2.28. The summed E-state index contributed by atoms with van der Waals surface area (Å²) in [6.07, 6.45) is 18.0. The van der Waals surface area contributed by atoms with Crippen LogP contribution in [0.15, 0.2) is 78.9 Å². The summed E-state index contributed by atoms with van der Waals surface area (Å²) in [4.78, 5) is 0. The summed E-state index contributed by atoms with van der Waals surface area (Å²) < 4.78 is 32.5. The zero-order valence-corrected chi connectivity index (χ0v) is 35.2. The van der Waals surface area contributed by atoms with Crippen molar-refractivity contribution < 1.29 is 23.3 Å². The highest BCUT2D eigenvalue weighted by Crippen LogP contribution is 2.46. The Morgan fingerprint density at radius 3 is 1.33 bits per heavy atom. The molecule has 0 N–H and O–H groups in total. The molecule has 3 rings (SSSR count). The molecule has 0 heterocycles. The number of nitrogens with zero attached hydrogens (tertiary/aromatic N) is 2. The molecule has 54 heavy (non-hydrogen) atoms. The van der Waals surface area contributed by atoms with Gasteiger partial charge >= 0.3 is 0 Å². The van der Waals surface area contributed by atoms with Crippen molar-refractivity contribution in [3.05, 3.63) is 95.6 Å². The van der Waals surface area contributed by atoms with Crippen LogP contribution in [0.3, 0.4) is 0 Å². The van der Waals surface area contributed by atoms with E-state index < -0.39 is 14.1 Å². The molecular weight excluding hydrogens is 691 g/mol. The second-order valence-corrected chi connectivity index (χ2v) is 16.1. The first-order valence-electron chi connectivity index (χ1n) is 20.6. The van der Waals surface area contributed by atoms with E-state index in [1.165, 1.54) is 77.0 Å². The van der Waals surface area contributed by atoms with Crippen LogP contribution in [0.2, 0.25) is 0 Å². The van der Waals surface area contributed by atoms with Gasteiger partial charge in [-0.25, -0.2) is 4.67 Å². The highest BCUT2D eigenvalue weighted by molar-refractivity contribution is 7.44. The Morgan fingerprint density at radius 2 is 0.926 bits per heavy atom. The summed E-state index contributed by atoms with van der Waals surface area (Å²) in [5, 5.41) is 8.90. The highest BCUT2D eigenvalue weighted by atomic mass is 31.2. The van der Waals surface area contributed by atoms with E-state index in [-0.39, 0.29) is 0 Å². The summed E-state index contributed by atoms with van der Waals surface area (Å²) in [6, 6.07) is 29.9. The van der Waals surface area contributed by atoms with Gasteiger partial charge in [0.05, 0.1) is 39.9 Å². The molecule has 298 valence electrons. The van der Waals surface area contributed by atoms with Gasteiger partial charge in [0.25, 0.3) is 8.53 Å². The van der Waals surface area contributed by atoms with E-state index >= 15 is 0 Å². The molecule has 0 bridgehead atoms. The Bertz CT molecular complexity index is 1360. The van der Waals surface area contributed by atoms with Crippen LogP contribution in [0, 0.1) is 11.3 Å². The lowest BCUT2D eigenvalue weighted by Crippen LogP contribution is -2.33. The molecular formula is C46H69N2O5P. The van der Waals surface area contributed by atoms with E-state index in [1.54, 1.807) is 14.2 Å². The Kier molecular flexibility index (Phi) is 22.5. The van der Waals surface area contributed by atoms with E-state index in [2.05, 4.69) is 93.0 Å². The van der Waals surface area contributed by atoms with E-state index in [1.807, 2.05) is 24.3 Å². The number of benzene rings is 3. The molecule has 0 amide bonds. The van der Waals surface area contributed by atoms with Crippen LogP contribution in [0.5, 0.6) is 11.5 Å². The van der Waals surface area contributed by atoms with Gasteiger partial charge < -0.3 is 23.3 Å². The monoisotopic (exact) mass is 760 g/mol. The maximum absolute atomic E-state index is 8.90. The van der Waals surface area contributed by atoms with Gasteiger partial charge in [-0.1, -0.05) is 132 Å². The number of ether oxygens (including phenoxy) is 3. The molecule has 0 radical (unpaired) electrons. The quantitative estimate of drug-likeness (QED) is 0.0380. The second kappa shape index (κ2) is 26.8. The molecule has 0 saturated heterocycles. The molecule has 0 saturated carbocycles. The molecule has 8 heteroatoms. The third kappa shape index (κ3) is 15.3. The van der Waals surface area contributed by atoms with Crippen LogP contribution in [0.4, 0.5) is 0 Å². The van der Waals surface area contributed by atoms with E-state index in [0.29, 0.717) is 31.7 Å². The molecule has 0 aliphatic carbocycles. The third-order valence-corrected chi connectivity index (χ3v) is 12.0. The minimum Gasteiger partial charge on any atom is -0.497 e. The van der Waals surface area contributed by atoms with Crippen LogP contribution in [-0.4, -0.2) is 50.8 Å². The number of hydrogen-bond donors (Lipinski definition) is 0. The third-order valence-electron chi connectivity index (χ3n) is 9.89. The van der Waals surface area contributed by atoms with Crippen molar-refractivity contribution in [3.8, 4) is 17.6 Å². The minimum absolute atomic E-state index is 0.342.